The summed E-state index contributed by atoms with van der Waals surface area (Å²) < 4.78 is 77.6. The summed E-state index contributed by atoms with van der Waals surface area (Å²) in [6.45, 7) is 0.215. The molecule has 0 spiro atoms. The van der Waals surface area contributed by atoms with Gasteiger partial charge in [0.05, 0.1) is 4.47 Å². The van der Waals surface area contributed by atoms with Crippen molar-refractivity contribution in [3.05, 3.63) is 112 Å². The highest BCUT2D eigenvalue weighted by atomic mass is 79.9. The van der Waals surface area contributed by atoms with Crippen LogP contribution in [0.1, 0.15) is 5.56 Å². The lowest BCUT2D eigenvalue weighted by atomic mass is 9.98. The molecule has 1 nitrogen and oxygen atoms in total. The van der Waals surface area contributed by atoms with Crippen molar-refractivity contribution in [2.75, 3.05) is 0 Å². The standard InChI is InChI=1S/C25H14BrF5O/c26-20-11-10-19(24(30)25(20)31)18-9-8-17(22(28)23(18)29)16-7-6-15(12-21(16)27)32-13-14-4-2-1-3-5-14/h1-12H,13H2. The molecule has 4 aromatic carbocycles. The molecule has 0 unspecified atom stereocenters. The van der Waals surface area contributed by atoms with Gasteiger partial charge in [-0.05, 0) is 45.8 Å². The maximum atomic E-state index is 14.8. The molecule has 4 aromatic rings. The molecule has 0 aromatic heterocycles. The molecule has 0 fully saturated rings. The van der Waals surface area contributed by atoms with Crippen LogP contribution in [-0.4, -0.2) is 0 Å². The van der Waals surface area contributed by atoms with Crippen molar-refractivity contribution < 1.29 is 26.7 Å². The van der Waals surface area contributed by atoms with Gasteiger partial charge in [0, 0.05) is 28.3 Å². The summed E-state index contributed by atoms with van der Waals surface area (Å²) in [7, 11) is 0. The van der Waals surface area contributed by atoms with E-state index in [4.69, 9.17) is 4.74 Å². The highest BCUT2D eigenvalue weighted by Gasteiger charge is 2.22. The fourth-order valence-electron chi connectivity index (χ4n) is 3.24. The number of hydrogen-bond acceptors (Lipinski definition) is 1. The first-order chi connectivity index (χ1) is 15.4. The Labute approximate surface area is 189 Å². The van der Waals surface area contributed by atoms with E-state index < -0.39 is 40.2 Å². The maximum absolute atomic E-state index is 14.8. The summed E-state index contributed by atoms with van der Waals surface area (Å²) in [5.74, 6) is -5.92. The summed E-state index contributed by atoms with van der Waals surface area (Å²) in [4.78, 5) is 0. The van der Waals surface area contributed by atoms with E-state index in [-0.39, 0.29) is 28.0 Å². The van der Waals surface area contributed by atoms with Crippen LogP contribution in [0.3, 0.4) is 0 Å². The third-order valence-electron chi connectivity index (χ3n) is 4.89. The van der Waals surface area contributed by atoms with Gasteiger partial charge in [-0.15, -0.1) is 0 Å². The minimum atomic E-state index is -1.41. The Morgan fingerprint density at radius 2 is 1.12 bits per heavy atom. The molecule has 0 aliphatic heterocycles. The van der Waals surface area contributed by atoms with Crippen LogP contribution in [0.15, 0.2) is 77.3 Å². The SMILES string of the molecule is Fc1cc(OCc2ccccc2)ccc1-c1ccc(-c2ccc(Br)c(F)c2F)c(F)c1F. The lowest BCUT2D eigenvalue weighted by Crippen LogP contribution is -1.99. The predicted octanol–water partition coefficient (Wildman–Crippen LogP) is 8.06. The van der Waals surface area contributed by atoms with Crippen LogP contribution in [0, 0.1) is 29.1 Å². The van der Waals surface area contributed by atoms with Gasteiger partial charge in [-0.2, -0.15) is 0 Å². The Hall–Kier alpha value is -3.19. The molecule has 0 bridgehead atoms. The van der Waals surface area contributed by atoms with E-state index >= 15 is 0 Å². The van der Waals surface area contributed by atoms with Crippen LogP contribution in [0.4, 0.5) is 22.0 Å². The van der Waals surface area contributed by atoms with Crippen molar-refractivity contribution in [2.24, 2.45) is 0 Å². The summed E-state index contributed by atoms with van der Waals surface area (Å²) >= 11 is 2.83. The number of rotatable bonds is 5. The van der Waals surface area contributed by atoms with Gasteiger partial charge in [-0.3, -0.25) is 0 Å². The normalized spacial score (nSPS) is 10.9. The molecule has 0 aliphatic rings. The summed E-state index contributed by atoms with van der Waals surface area (Å²) in [5, 5.41) is 0. The molecule has 0 aliphatic carbocycles. The van der Waals surface area contributed by atoms with E-state index in [1.165, 1.54) is 18.2 Å². The van der Waals surface area contributed by atoms with Crippen LogP contribution in [0.2, 0.25) is 0 Å². The second-order valence-corrected chi connectivity index (χ2v) is 7.78. The highest BCUT2D eigenvalue weighted by molar-refractivity contribution is 9.10. The molecular weight excluding hydrogens is 491 g/mol. The zero-order valence-electron chi connectivity index (χ0n) is 16.3. The molecule has 162 valence electrons. The van der Waals surface area contributed by atoms with Gasteiger partial charge in [0.2, 0.25) is 0 Å². The Bertz CT molecular complexity index is 1290. The number of ether oxygens (including phenoxy) is 1. The minimum absolute atomic E-state index is 0.145. The zero-order chi connectivity index (χ0) is 22.8. The number of halogens is 6. The molecule has 0 radical (unpaired) electrons. The molecule has 7 heteroatoms. The van der Waals surface area contributed by atoms with E-state index in [0.717, 1.165) is 29.8 Å². The Morgan fingerprint density at radius 1 is 0.594 bits per heavy atom. The molecule has 0 saturated carbocycles. The number of hydrogen-bond donors (Lipinski definition) is 0. The summed E-state index contributed by atoms with van der Waals surface area (Å²) in [5.41, 5.74) is -0.576. The van der Waals surface area contributed by atoms with Gasteiger partial charge in [-0.1, -0.05) is 42.5 Å². The average Bonchev–Trinajstić information content (AvgIpc) is 2.80. The topological polar surface area (TPSA) is 9.23 Å². The predicted molar refractivity (Wildman–Crippen MR) is 116 cm³/mol. The van der Waals surface area contributed by atoms with Gasteiger partial charge in [-0.25, -0.2) is 22.0 Å². The highest BCUT2D eigenvalue weighted by Crippen LogP contribution is 2.36. The van der Waals surface area contributed by atoms with Gasteiger partial charge in [0.1, 0.15) is 18.2 Å². The van der Waals surface area contributed by atoms with Crippen LogP contribution >= 0.6 is 15.9 Å². The third kappa shape index (κ3) is 4.25. The Kier molecular flexibility index (Phi) is 6.28. The van der Waals surface area contributed by atoms with Crippen LogP contribution in [0.25, 0.3) is 22.3 Å². The summed E-state index contributed by atoms with van der Waals surface area (Å²) in [6, 6.07) is 17.6. The van der Waals surface area contributed by atoms with Crippen LogP contribution in [-0.2, 0) is 6.61 Å². The van der Waals surface area contributed by atoms with E-state index in [1.54, 1.807) is 0 Å². The molecule has 0 heterocycles. The van der Waals surface area contributed by atoms with Gasteiger partial charge < -0.3 is 4.74 Å². The molecule has 0 amide bonds. The zero-order valence-corrected chi connectivity index (χ0v) is 17.9. The van der Waals surface area contributed by atoms with E-state index in [0.29, 0.717) is 0 Å². The first-order valence-corrected chi connectivity index (χ1v) is 10.2. The smallest absolute Gasteiger partial charge is 0.173 e. The lowest BCUT2D eigenvalue weighted by molar-refractivity contribution is 0.304. The van der Waals surface area contributed by atoms with E-state index in [1.807, 2.05) is 30.3 Å². The minimum Gasteiger partial charge on any atom is -0.489 e. The quantitative estimate of drug-likeness (QED) is 0.197. The van der Waals surface area contributed by atoms with Crippen molar-refractivity contribution >= 4 is 15.9 Å². The molecule has 32 heavy (non-hydrogen) atoms. The number of benzene rings is 4. The molecule has 0 saturated heterocycles. The van der Waals surface area contributed by atoms with Crippen molar-refractivity contribution in [3.8, 4) is 28.0 Å². The van der Waals surface area contributed by atoms with Crippen LogP contribution in [0.5, 0.6) is 5.75 Å². The molecule has 4 rings (SSSR count). The average molecular weight is 505 g/mol. The molecular formula is C25H14BrF5O. The van der Waals surface area contributed by atoms with Crippen LogP contribution < -0.4 is 4.74 Å². The van der Waals surface area contributed by atoms with Crippen molar-refractivity contribution in [1.29, 1.82) is 0 Å². The van der Waals surface area contributed by atoms with Crippen molar-refractivity contribution in [3.63, 3.8) is 0 Å². The van der Waals surface area contributed by atoms with Gasteiger partial charge >= 0.3 is 0 Å². The fraction of sp³-hybridized carbons (Fsp3) is 0.0400. The molecule has 0 atom stereocenters. The Balaban J connectivity index is 1.64. The second kappa shape index (κ2) is 9.12. The maximum Gasteiger partial charge on any atom is 0.173 e. The molecule has 0 N–H and O–H groups in total. The fourth-order valence-corrected chi connectivity index (χ4v) is 3.55. The lowest BCUT2D eigenvalue weighted by Gasteiger charge is -2.12. The van der Waals surface area contributed by atoms with E-state index in [9.17, 15) is 22.0 Å². The largest absolute Gasteiger partial charge is 0.489 e. The van der Waals surface area contributed by atoms with Crippen molar-refractivity contribution in [1.82, 2.24) is 0 Å². The Morgan fingerprint density at radius 3 is 1.75 bits per heavy atom. The first-order valence-electron chi connectivity index (χ1n) is 9.45. The first kappa shape index (κ1) is 22.0. The van der Waals surface area contributed by atoms with Gasteiger partial charge in [0.25, 0.3) is 0 Å². The third-order valence-corrected chi connectivity index (χ3v) is 5.50. The van der Waals surface area contributed by atoms with Crippen molar-refractivity contribution in [2.45, 2.75) is 6.61 Å². The second-order valence-electron chi connectivity index (χ2n) is 6.93. The monoisotopic (exact) mass is 504 g/mol. The van der Waals surface area contributed by atoms with Gasteiger partial charge in [0.15, 0.2) is 23.3 Å². The summed E-state index contributed by atoms with van der Waals surface area (Å²) in [6.07, 6.45) is 0. The van der Waals surface area contributed by atoms with E-state index in [2.05, 4.69) is 15.9 Å².